The van der Waals surface area contributed by atoms with Crippen LogP contribution in [-0.4, -0.2) is 11.1 Å². The van der Waals surface area contributed by atoms with Gasteiger partial charge in [0.1, 0.15) is 5.75 Å². The molecule has 0 aromatic heterocycles. The van der Waals surface area contributed by atoms with Crippen LogP contribution in [0.25, 0.3) is 0 Å². The second kappa shape index (κ2) is 4.22. The van der Waals surface area contributed by atoms with Gasteiger partial charge in [0.25, 0.3) is 0 Å². The van der Waals surface area contributed by atoms with Gasteiger partial charge < -0.3 is 16.2 Å². The van der Waals surface area contributed by atoms with E-state index in [4.69, 9.17) is 5.73 Å². The van der Waals surface area contributed by atoms with Gasteiger partial charge in [-0.1, -0.05) is 19.3 Å². The van der Waals surface area contributed by atoms with Gasteiger partial charge in [-0.2, -0.15) is 0 Å². The highest BCUT2D eigenvalue weighted by Gasteiger charge is 2.34. The second-order valence-corrected chi connectivity index (χ2v) is 5.35. The molecule has 1 aromatic rings. The van der Waals surface area contributed by atoms with Crippen LogP contribution in [0.3, 0.4) is 0 Å². The molecule has 3 heteroatoms. The predicted molar refractivity (Wildman–Crippen MR) is 69.0 cm³/mol. The number of rotatable bonds is 0. The molecule has 0 radical (unpaired) electrons. The third-order valence-corrected chi connectivity index (χ3v) is 4.27. The number of phenolic OH excluding ortho intramolecular Hbond substituents is 1. The number of nitrogens with one attached hydrogen (secondary N) is 1. The molecule has 1 heterocycles. The van der Waals surface area contributed by atoms with Gasteiger partial charge in [-0.15, -0.1) is 0 Å². The summed E-state index contributed by atoms with van der Waals surface area (Å²) < 4.78 is 0. The van der Waals surface area contributed by atoms with E-state index in [2.05, 4.69) is 5.32 Å². The van der Waals surface area contributed by atoms with Crippen LogP contribution in [0.2, 0.25) is 0 Å². The number of hydrogen-bond donors (Lipinski definition) is 3. The molecule has 17 heavy (non-hydrogen) atoms. The van der Waals surface area contributed by atoms with E-state index in [1.165, 1.54) is 32.1 Å². The lowest BCUT2D eigenvalue weighted by Crippen LogP contribution is -2.40. The maximum absolute atomic E-state index is 9.57. The molecular formula is C14H20N2O. The topological polar surface area (TPSA) is 58.3 Å². The van der Waals surface area contributed by atoms with Gasteiger partial charge in [0.05, 0.1) is 0 Å². The molecule has 1 fully saturated rings. The summed E-state index contributed by atoms with van der Waals surface area (Å²) in [6.07, 6.45) is 6.33. The number of nitrogens with two attached hydrogens (primary N) is 1. The lowest BCUT2D eigenvalue weighted by Gasteiger charge is -2.38. The van der Waals surface area contributed by atoms with Crippen LogP contribution in [0.4, 0.5) is 5.69 Å². The minimum Gasteiger partial charge on any atom is -0.508 e. The van der Waals surface area contributed by atoms with E-state index in [-0.39, 0.29) is 6.04 Å². The third kappa shape index (κ3) is 1.89. The summed E-state index contributed by atoms with van der Waals surface area (Å²) in [5, 5.41) is 13.2. The van der Waals surface area contributed by atoms with Crippen molar-refractivity contribution < 1.29 is 5.11 Å². The lowest BCUT2D eigenvalue weighted by atomic mass is 9.80. The van der Waals surface area contributed by atoms with Crippen molar-refractivity contribution in [3.8, 4) is 5.75 Å². The average Bonchev–Trinajstić information content (AvgIpc) is 2.56. The molecule has 0 saturated heterocycles. The van der Waals surface area contributed by atoms with E-state index in [0.717, 1.165) is 11.3 Å². The second-order valence-electron chi connectivity index (χ2n) is 5.35. The van der Waals surface area contributed by atoms with E-state index in [1.54, 1.807) is 6.07 Å². The Labute approximate surface area is 102 Å². The van der Waals surface area contributed by atoms with Crippen LogP contribution >= 0.6 is 0 Å². The first-order valence-electron chi connectivity index (χ1n) is 6.61. The zero-order valence-electron chi connectivity index (χ0n) is 10.0. The minimum absolute atomic E-state index is 0.0708. The summed E-state index contributed by atoms with van der Waals surface area (Å²) in [6.45, 7) is 0. The van der Waals surface area contributed by atoms with E-state index in [1.807, 2.05) is 12.1 Å². The minimum atomic E-state index is 0.0708. The van der Waals surface area contributed by atoms with Gasteiger partial charge in [-0.3, -0.25) is 0 Å². The average molecular weight is 232 g/mol. The molecule has 3 rings (SSSR count). The highest BCUT2D eigenvalue weighted by molar-refractivity contribution is 5.58. The summed E-state index contributed by atoms with van der Waals surface area (Å²) in [6, 6.07) is 6.08. The zero-order chi connectivity index (χ0) is 11.8. The first-order valence-corrected chi connectivity index (χ1v) is 6.61. The van der Waals surface area contributed by atoms with Crippen LogP contribution in [-0.2, 0) is 0 Å². The van der Waals surface area contributed by atoms with Crippen molar-refractivity contribution in [2.75, 3.05) is 5.32 Å². The maximum Gasteiger partial charge on any atom is 0.116 e. The molecule has 2 aliphatic rings. The molecule has 0 spiro atoms. The molecule has 0 bridgehead atoms. The van der Waals surface area contributed by atoms with Gasteiger partial charge in [0.15, 0.2) is 0 Å². The molecule has 1 aliphatic heterocycles. The first kappa shape index (κ1) is 10.9. The van der Waals surface area contributed by atoms with Gasteiger partial charge >= 0.3 is 0 Å². The van der Waals surface area contributed by atoms with Crippen LogP contribution in [0, 0.1) is 5.92 Å². The van der Waals surface area contributed by atoms with Crippen molar-refractivity contribution in [3.05, 3.63) is 23.8 Å². The fraction of sp³-hybridized carbons (Fsp3) is 0.571. The summed E-state index contributed by atoms with van der Waals surface area (Å²) >= 11 is 0. The lowest BCUT2D eigenvalue weighted by molar-refractivity contribution is 0.338. The van der Waals surface area contributed by atoms with Crippen molar-refractivity contribution in [1.29, 1.82) is 0 Å². The predicted octanol–water partition coefficient (Wildman–Crippen LogP) is 2.77. The van der Waals surface area contributed by atoms with Crippen molar-refractivity contribution >= 4 is 5.69 Å². The number of aromatic hydroxyl groups is 1. The highest BCUT2D eigenvalue weighted by Crippen LogP contribution is 2.41. The fourth-order valence-corrected chi connectivity index (χ4v) is 3.33. The zero-order valence-corrected chi connectivity index (χ0v) is 10.0. The van der Waals surface area contributed by atoms with E-state index in [9.17, 15) is 5.11 Å². The number of anilines is 1. The van der Waals surface area contributed by atoms with Crippen molar-refractivity contribution in [2.45, 2.75) is 44.2 Å². The molecule has 4 N–H and O–H groups in total. The molecule has 92 valence electrons. The van der Waals surface area contributed by atoms with E-state index >= 15 is 0 Å². The summed E-state index contributed by atoms with van der Waals surface area (Å²) in [5.41, 5.74) is 8.57. The van der Waals surface area contributed by atoms with E-state index < -0.39 is 0 Å². The Balaban J connectivity index is 1.97. The Hall–Kier alpha value is -1.22. The summed E-state index contributed by atoms with van der Waals surface area (Å²) in [5.74, 6) is 0.833. The van der Waals surface area contributed by atoms with Crippen molar-refractivity contribution in [2.24, 2.45) is 11.7 Å². The smallest absolute Gasteiger partial charge is 0.116 e. The van der Waals surface area contributed by atoms with Gasteiger partial charge in [0, 0.05) is 17.8 Å². The molecule has 1 saturated carbocycles. The summed E-state index contributed by atoms with van der Waals surface area (Å²) in [4.78, 5) is 0. The van der Waals surface area contributed by atoms with Crippen molar-refractivity contribution in [1.82, 2.24) is 0 Å². The van der Waals surface area contributed by atoms with Crippen LogP contribution in [0.5, 0.6) is 5.75 Å². The molecule has 3 unspecified atom stereocenters. The van der Waals surface area contributed by atoms with Crippen LogP contribution < -0.4 is 11.1 Å². The highest BCUT2D eigenvalue weighted by atomic mass is 16.3. The SMILES string of the molecule is NC1c2cc(O)ccc2NC2CCCCCC21. The molecule has 0 amide bonds. The standard InChI is InChI=1S/C14H20N2O/c15-14-10-4-2-1-3-5-12(10)16-13-7-6-9(17)8-11(13)14/h6-8,10,12,14,16-17H,1-5,15H2. The normalized spacial score (nSPS) is 31.9. The Morgan fingerprint density at radius 2 is 2.00 bits per heavy atom. The Morgan fingerprint density at radius 3 is 2.88 bits per heavy atom. The molecule has 3 atom stereocenters. The largest absolute Gasteiger partial charge is 0.508 e. The van der Waals surface area contributed by atoms with Crippen LogP contribution in [0.15, 0.2) is 18.2 Å². The number of phenols is 1. The molecule has 1 aliphatic carbocycles. The van der Waals surface area contributed by atoms with Crippen LogP contribution in [0.1, 0.15) is 43.7 Å². The number of benzene rings is 1. The maximum atomic E-state index is 9.57. The summed E-state index contributed by atoms with van der Waals surface area (Å²) in [7, 11) is 0. The van der Waals surface area contributed by atoms with Crippen molar-refractivity contribution in [3.63, 3.8) is 0 Å². The van der Waals surface area contributed by atoms with Gasteiger partial charge in [-0.25, -0.2) is 0 Å². The molecular weight excluding hydrogens is 212 g/mol. The first-order chi connectivity index (χ1) is 8.25. The third-order valence-electron chi connectivity index (χ3n) is 4.27. The Bertz CT molecular complexity index is 419. The quantitative estimate of drug-likeness (QED) is 0.603. The fourth-order valence-electron chi connectivity index (χ4n) is 3.33. The monoisotopic (exact) mass is 232 g/mol. The Kier molecular flexibility index (Phi) is 2.71. The molecule has 3 nitrogen and oxygen atoms in total. The van der Waals surface area contributed by atoms with E-state index in [0.29, 0.717) is 17.7 Å². The van der Waals surface area contributed by atoms with Gasteiger partial charge in [0.2, 0.25) is 0 Å². The number of hydrogen-bond acceptors (Lipinski definition) is 3. The Morgan fingerprint density at radius 1 is 1.18 bits per heavy atom. The number of fused-ring (bicyclic) bond motifs is 2. The molecule has 1 aromatic carbocycles. The van der Waals surface area contributed by atoms with Gasteiger partial charge in [-0.05, 0) is 42.5 Å².